The van der Waals surface area contributed by atoms with Gasteiger partial charge in [-0.15, -0.1) is 11.3 Å². The van der Waals surface area contributed by atoms with Crippen molar-refractivity contribution in [1.82, 2.24) is 0 Å². The summed E-state index contributed by atoms with van der Waals surface area (Å²) in [4.78, 5) is 2.38. The van der Waals surface area contributed by atoms with E-state index in [0.717, 1.165) is 11.4 Å². The minimum atomic E-state index is -0.111. The summed E-state index contributed by atoms with van der Waals surface area (Å²) in [5.41, 5.74) is 11.4. The number of anilines is 3. The van der Waals surface area contributed by atoms with Crippen molar-refractivity contribution in [1.29, 1.82) is 0 Å². The van der Waals surface area contributed by atoms with E-state index in [9.17, 15) is 0 Å². The van der Waals surface area contributed by atoms with Crippen LogP contribution in [0.3, 0.4) is 0 Å². The first kappa shape index (κ1) is 24.2. The Morgan fingerprint density at radius 1 is 0.512 bits per heavy atom. The summed E-state index contributed by atoms with van der Waals surface area (Å²) in [6.07, 6.45) is 0. The lowest BCUT2D eigenvalue weighted by Crippen LogP contribution is -2.16. The molecule has 196 valence electrons. The van der Waals surface area contributed by atoms with Gasteiger partial charge in [0.05, 0.1) is 0 Å². The number of rotatable bonds is 4. The molecule has 0 radical (unpaired) electrons. The van der Waals surface area contributed by atoms with Crippen LogP contribution >= 0.6 is 11.3 Å². The van der Waals surface area contributed by atoms with Crippen molar-refractivity contribution in [3.05, 3.63) is 151 Å². The molecule has 0 saturated carbocycles. The van der Waals surface area contributed by atoms with Crippen molar-refractivity contribution in [2.75, 3.05) is 4.90 Å². The molecule has 7 aromatic rings. The Hall–Kier alpha value is -4.66. The molecule has 1 nitrogen and oxygen atoms in total. The Morgan fingerprint density at radius 2 is 1.12 bits per heavy atom. The predicted molar refractivity (Wildman–Crippen MR) is 177 cm³/mol. The van der Waals surface area contributed by atoms with Gasteiger partial charge in [0.25, 0.3) is 0 Å². The Kier molecular flexibility index (Phi) is 5.42. The maximum absolute atomic E-state index is 2.42. The highest BCUT2D eigenvalue weighted by Gasteiger charge is 2.38. The van der Waals surface area contributed by atoms with Crippen LogP contribution in [0.5, 0.6) is 0 Å². The van der Waals surface area contributed by atoms with Gasteiger partial charge in [0.1, 0.15) is 0 Å². The third-order valence-corrected chi connectivity index (χ3v) is 9.85. The number of thiophene rings is 1. The van der Waals surface area contributed by atoms with Crippen molar-refractivity contribution in [2.24, 2.45) is 0 Å². The topological polar surface area (TPSA) is 3.24 Å². The SMILES string of the molecule is CC1(C)c2cc(N(c3ccccc3)c3ccc(-c4ccccc4)cc3)ccc2-c2ccc3c(sc4ccccc43)c21. The van der Waals surface area contributed by atoms with Gasteiger partial charge < -0.3 is 4.90 Å². The predicted octanol–water partition coefficient (Wildman–Crippen LogP) is 11.5. The maximum Gasteiger partial charge on any atom is 0.0465 e. The second-order valence-electron chi connectivity index (χ2n) is 11.4. The van der Waals surface area contributed by atoms with Crippen molar-refractivity contribution in [3.8, 4) is 22.3 Å². The molecular weight excluding hydrogens is 515 g/mol. The van der Waals surface area contributed by atoms with Crippen LogP contribution in [0.25, 0.3) is 42.4 Å². The van der Waals surface area contributed by atoms with Crippen molar-refractivity contribution in [2.45, 2.75) is 19.3 Å². The van der Waals surface area contributed by atoms with Crippen LogP contribution < -0.4 is 4.90 Å². The normalized spacial score (nSPS) is 13.3. The van der Waals surface area contributed by atoms with E-state index < -0.39 is 0 Å². The van der Waals surface area contributed by atoms with E-state index in [1.807, 2.05) is 11.3 Å². The van der Waals surface area contributed by atoms with Gasteiger partial charge in [-0.2, -0.15) is 0 Å². The number of hydrogen-bond donors (Lipinski definition) is 0. The van der Waals surface area contributed by atoms with E-state index in [1.165, 1.54) is 59.2 Å². The van der Waals surface area contributed by atoms with Gasteiger partial charge >= 0.3 is 0 Å². The van der Waals surface area contributed by atoms with Gasteiger partial charge in [0.2, 0.25) is 0 Å². The first-order chi connectivity index (χ1) is 20.1. The molecule has 0 amide bonds. The fraction of sp³-hybridized carbons (Fsp3) is 0.0769. The van der Waals surface area contributed by atoms with Gasteiger partial charge in [-0.25, -0.2) is 0 Å². The second-order valence-corrected chi connectivity index (χ2v) is 12.5. The molecule has 1 aliphatic carbocycles. The molecule has 1 aromatic heterocycles. The lowest BCUT2D eigenvalue weighted by atomic mass is 9.82. The minimum Gasteiger partial charge on any atom is -0.310 e. The van der Waals surface area contributed by atoms with Gasteiger partial charge in [-0.05, 0) is 75.8 Å². The van der Waals surface area contributed by atoms with Gasteiger partial charge in [0.15, 0.2) is 0 Å². The van der Waals surface area contributed by atoms with Gasteiger partial charge in [-0.3, -0.25) is 0 Å². The zero-order valence-electron chi connectivity index (χ0n) is 23.1. The largest absolute Gasteiger partial charge is 0.310 e. The highest BCUT2D eigenvalue weighted by molar-refractivity contribution is 7.26. The minimum absolute atomic E-state index is 0.111. The zero-order chi connectivity index (χ0) is 27.6. The van der Waals surface area contributed by atoms with E-state index in [-0.39, 0.29) is 5.41 Å². The average Bonchev–Trinajstić information content (AvgIpc) is 3.51. The van der Waals surface area contributed by atoms with Crippen LogP contribution in [0.15, 0.2) is 140 Å². The van der Waals surface area contributed by atoms with Crippen molar-refractivity contribution >= 4 is 48.6 Å². The fourth-order valence-electron chi connectivity index (χ4n) is 6.65. The lowest BCUT2D eigenvalue weighted by Gasteiger charge is -2.28. The van der Waals surface area contributed by atoms with E-state index >= 15 is 0 Å². The molecule has 1 heterocycles. The summed E-state index contributed by atoms with van der Waals surface area (Å²) in [6.45, 7) is 4.79. The zero-order valence-corrected chi connectivity index (χ0v) is 24.0. The quantitative estimate of drug-likeness (QED) is 0.213. The van der Waals surface area contributed by atoms with Crippen LogP contribution in [-0.2, 0) is 5.41 Å². The van der Waals surface area contributed by atoms with E-state index in [1.54, 1.807) is 0 Å². The molecule has 0 N–H and O–H groups in total. The number of fused-ring (bicyclic) bond motifs is 7. The molecular formula is C39H29NS. The third-order valence-electron chi connectivity index (χ3n) is 8.64. The van der Waals surface area contributed by atoms with Crippen LogP contribution in [0.4, 0.5) is 17.1 Å². The van der Waals surface area contributed by atoms with Crippen molar-refractivity contribution < 1.29 is 0 Å². The molecule has 0 atom stereocenters. The van der Waals surface area contributed by atoms with Crippen LogP contribution in [-0.4, -0.2) is 0 Å². The Morgan fingerprint density at radius 3 is 1.90 bits per heavy atom. The monoisotopic (exact) mass is 543 g/mol. The summed E-state index contributed by atoms with van der Waals surface area (Å²) in [7, 11) is 0. The van der Waals surface area contributed by atoms with E-state index in [2.05, 4.69) is 158 Å². The highest BCUT2D eigenvalue weighted by atomic mass is 32.1. The number of hydrogen-bond acceptors (Lipinski definition) is 2. The summed E-state index contributed by atoms with van der Waals surface area (Å²) in [5, 5.41) is 2.73. The molecule has 6 aromatic carbocycles. The van der Waals surface area contributed by atoms with Crippen LogP contribution in [0.2, 0.25) is 0 Å². The molecule has 0 unspecified atom stereocenters. The highest BCUT2D eigenvalue weighted by Crippen LogP contribution is 2.55. The Bertz CT molecular complexity index is 2050. The molecule has 0 spiro atoms. The smallest absolute Gasteiger partial charge is 0.0465 e. The first-order valence-electron chi connectivity index (χ1n) is 14.2. The molecule has 0 bridgehead atoms. The van der Waals surface area contributed by atoms with Crippen LogP contribution in [0, 0.1) is 0 Å². The molecule has 2 heteroatoms. The van der Waals surface area contributed by atoms with Crippen LogP contribution in [0.1, 0.15) is 25.0 Å². The first-order valence-corrected chi connectivity index (χ1v) is 15.0. The van der Waals surface area contributed by atoms with Gasteiger partial charge in [0, 0.05) is 42.6 Å². The second kappa shape index (κ2) is 9.19. The third kappa shape index (κ3) is 3.75. The molecule has 41 heavy (non-hydrogen) atoms. The number of para-hydroxylation sites is 1. The van der Waals surface area contributed by atoms with Gasteiger partial charge in [-0.1, -0.05) is 111 Å². The summed E-state index contributed by atoms with van der Waals surface area (Å²) >= 11 is 1.93. The summed E-state index contributed by atoms with van der Waals surface area (Å²) in [6, 6.07) is 50.8. The van der Waals surface area contributed by atoms with E-state index in [0.29, 0.717) is 0 Å². The molecule has 0 saturated heterocycles. The molecule has 1 aliphatic rings. The number of benzene rings is 6. The van der Waals surface area contributed by atoms with Crippen molar-refractivity contribution in [3.63, 3.8) is 0 Å². The number of nitrogens with zero attached hydrogens (tertiary/aromatic N) is 1. The molecule has 0 fully saturated rings. The summed E-state index contributed by atoms with van der Waals surface area (Å²) in [5.74, 6) is 0. The standard InChI is InChI=1S/C39H29NS/c1-39(2)35-25-30(21-22-31(35)33-23-24-34-32-15-9-10-16-36(32)41-38(34)37(33)39)40(28-13-7-4-8-14-28)29-19-17-27(18-20-29)26-11-5-3-6-12-26/h3-25H,1-2H3. The molecule has 8 rings (SSSR count). The van der Waals surface area contributed by atoms with E-state index in [4.69, 9.17) is 0 Å². The Balaban J connectivity index is 1.27. The fourth-order valence-corrected chi connectivity index (χ4v) is 8.06. The summed E-state index contributed by atoms with van der Waals surface area (Å²) < 4.78 is 2.78. The lowest BCUT2D eigenvalue weighted by molar-refractivity contribution is 0.667. The molecule has 0 aliphatic heterocycles. The average molecular weight is 544 g/mol. The maximum atomic E-state index is 2.42. The Labute approximate surface area is 245 Å².